The quantitative estimate of drug-likeness (QED) is 0.918. The van der Waals surface area contributed by atoms with Gasteiger partial charge < -0.3 is 10.5 Å². The molecule has 3 nitrogen and oxygen atoms in total. The fourth-order valence-electron chi connectivity index (χ4n) is 1.91. The Morgan fingerprint density at radius 3 is 2.70 bits per heavy atom. The zero-order valence-electron chi connectivity index (χ0n) is 10.5. The number of pyridine rings is 1. The molecular weight excluding hydrogens is 286 g/mol. The van der Waals surface area contributed by atoms with Gasteiger partial charge in [0, 0.05) is 24.0 Å². The van der Waals surface area contributed by atoms with Crippen LogP contribution < -0.4 is 10.5 Å². The number of nitrogens with two attached hydrogens (primary N) is 1. The first kappa shape index (κ1) is 14.7. The Hall–Kier alpha value is -1.72. The Balaban J connectivity index is 2.21. The zero-order chi connectivity index (χ0) is 14.5. The molecule has 1 heterocycles. The second-order valence-electron chi connectivity index (χ2n) is 4.19. The van der Waals surface area contributed by atoms with Crippen LogP contribution >= 0.6 is 11.6 Å². The van der Waals surface area contributed by atoms with Gasteiger partial charge in [-0.15, -0.1) is 0 Å². The number of rotatable bonds is 5. The predicted octanol–water partition coefficient (Wildman–Crippen LogP) is 3.58. The van der Waals surface area contributed by atoms with Gasteiger partial charge in [-0.3, -0.25) is 4.98 Å². The third-order valence-electron chi connectivity index (χ3n) is 2.83. The normalized spacial score (nSPS) is 12.4. The Bertz CT molecular complexity index is 581. The second-order valence-corrected chi connectivity index (χ2v) is 4.60. The summed E-state index contributed by atoms with van der Waals surface area (Å²) >= 11 is 6.01. The first-order valence-electron chi connectivity index (χ1n) is 5.95. The average molecular weight is 299 g/mol. The summed E-state index contributed by atoms with van der Waals surface area (Å²) in [7, 11) is 0. The lowest BCUT2D eigenvalue weighted by Crippen LogP contribution is -2.16. The monoisotopic (exact) mass is 298 g/mol. The van der Waals surface area contributed by atoms with E-state index in [0.29, 0.717) is 17.0 Å². The van der Waals surface area contributed by atoms with Gasteiger partial charge >= 0.3 is 6.61 Å². The number of ether oxygens (including phenoxy) is 1. The minimum absolute atomic E-state index is 0.0835. The van der Waals surface area contributed by atoms with Crippen molar-refractivity contribution in [3.8, 4) is 5.75 Å². The van der Waals surface area contributed by atoms with Crippen molar-refractivity contribution in [1.29, 1.82) is 0 Å². The van der Waals surface area contributed by atoms with E-state index in [1.807, 2.05) is 0 Å². The van der Waals surface area contributed by atoms with Crippen molar-refractivity contribution in [2.75, 3.05) is 0 Å². The SMILES string of the molecule is NC(Cc1ccncc1Cl)c1ccccc1OC(F)F. The summed E-state index contributed by atoms with van der Waals surface area (Å²) < 4.78 is 29.2. The third-order valence-corrected chi connectivity index (χ3v) is 3.17. The van der Waals surface area contributed by atoms with Crippen LogP contribution in [0.1, 0.15) is 17.2 Å². The molecule has 1 aromatic carbocycles. The fraction of sp³-hybridized carbons (Fsp3) is 0.214. The first-order valence-corrected chi connectivity index (χ1v) is 6.33. The topological polar surface area (TPSA) is 48.1 Å². The van der Waals surface area contributed by atoms with Crippen LogP contribution in [0.5, 0.6) is 5.75 Å². The highest BCUT2D eigenvalue weighted by Crippen LogP contribution is 2.28. The molecule has 0 fully saturated rings. The van der Waals surface area contributed by atoms with Crippen molar-refractivity contribution in [3.63, 3.8) is 0 Å². The lowest BCUT2D eigenvalue weighted by molar-refractivity contribution is -0.0506. The standard InChI is InChI=1S/C14H13ClF2N2O/c15-11-8-19-6-5-9(11)7-12(18)10-3-1-2-4-13(10)20-14(16)17/h1-6,8,12,14H,7,18H2. The molecule has 0 amide bonds. The van der Waals surface area contributed by atoms with E-state index in [-0.39, 0.29) is 5.75 Å². The molecule has 1 atom stereocenters. The minimum atomic E-state index is -2.88. The summed E-state index contributed by atoms with van der Waals surface area (Å²) in [4.78, 5) is 3.89. The van der Waals surface area contributed by atoms with Gasteiger partial charge in [-0.1, -0.05) is 29.8 Å². The van der Waals surface area contributed by atoms with Crippen LogP contribution in [0.2, 0.25) is 5.02 Å². The summed E-state index contributed by atoms with van der Waals surface area (Å²) in [6.45, 7) is -2.88. The van der Waals surface area contributed by atoms with Gasteiger partial charge in [-0.2, -0.15) is 8.78 Å². The zero-order valence-corrected chi connectivity index (χ0v) is 11.2. The Labute approximate surface area is 120 Å². The second kappa shape index (κ2) is 6.63. The first-order chi connectivity index (χ1) is 9.58. The van der Waals surface area contributed by atoms with Gasteiger partial charge in [-0.05, 0) is 24.1 Å². The fourth-order valence-corrected chi connectivity index (χ4v) is 2.10. The molecule has 0 aliphatic carbocycles. The van der Waals surface area contributed by atoms with Crippen molar-refractivity contribution in [2.24, 2.45) is 5.73 Å². The molecule has 6 heteroatoms. The number of para-hydroxylation sites is 1. The molecule has 2 rings (SSSR count). The maximum absolute atomic E-state index is 12.4. The number of benzene rings is 1. The molecule has 0 saturated carbocycles. The summed E-state index contributed by atoms with van der Waals surface area (Å²) in [6.07, 6.45) is 3.53. The molecule has 106 valence electrons. The smallest absolute Gasteiger partial charge is 0.387 e. The molecule has 0 saturated heterocycles. The van der Waals surface area contributed by atoms with Crippen LogP contribution in [0.15, 0.2) is 42.7 Å². The van der Waals surface area contributed by atoms with E-state index in [4.69, 9.17) is 17.3 Å². The lowest BCUT2D eigenvalue weighted by Gasteiger charge is -2.17. The molecule has 1 aromatic heterocycles. The number of halogens is 3. The van der Waals surface area contributed by atoms with Crippen LogP contribution in [-0.4, -0.2) is 11.6 Å². The number of alkyl halides is 2. The van der Waals surface area contributed by atoms with Gasteiger partial charge in [0.05, 0.1) is 5.02 Å². The molecule has 0 aliphatic heterocycles. The van der Waals surface area contributed by atoms with Crippen molar-refractivity contribution in [1.82, 2.24) is 4.98 Å². The molecule has 0 aliphatic rings. The van der Waals surface area contributed by atoms with Gasteiger partial charge in [0.25, 0.3) is 0 Å². The van der Waals surface area contributed by atoms with Gasteiger partial charge in [0.1, 0.15) is 5.75 Å². The van der Waals surface area contributed by atoms with Gasteiger partial charge in [0.15, 0.2) is 0 Å². The van der Waals surface area contributed by atoms with Crippen molar-refractivity contribution < 1.29 is 13.5 Å². The largest absolute Gasteiger partial charge is 0.434 e. The Morgan fingerprint density at radius 1 is 1.25 bits per heavy atom. The summed E-state index contributed by atoms with van der Waals surface area (Å²) in [6, 6.07) is 7.73. The van der Waals surface area contributed by atoms with Gasteiger partial charge in [0.2, 0.25) is 0 Å². The molecule has 0 spiro atoms. The third kappa shape index (κ3) is 3.65. The molecule has 0 radical (unpaired) electrons. The number of nitrogens with zero attached hydrogens (tertiary/aromatic N) is 1. The van der Waals surface area contributed by atoms with Crippen LogP contribution in [-0.2, 0) is 6.42 Å². The van der Waals surface area contributed by atoms with Crippen LogP contribution in [0, 0.1) is 0 Å². The number of aromatic nitrogens is 1. The molecule has 1 unspecified atom stereocenters. The maximum atomic E-state index is 12.4. The van der Waals surface area contributed by atoms with Crippen molar-refractivity contribution in [3.05, 3.63) is 58.9 Å². The van der Waals surface area contributed by atoms with E-state index in [9.17, 15) is 8.78 Å². The van der Waals surface area contributed by atoms with Crippen LogP contribution in [0.4, 0.5) is 8.78 Å². The lowest BCUT2D eigenvalue weighted by atomic mass is 9.99. The van der Waals surface area contributed by atoms with E-state index in [1.165, 1.54) is 12.3 Å². The Kier molecular flexibility index (Phi) is 4.87. The molecule has 2 aromatic rings. The highest BCUT2D eigenvalue weighted by atomic mass is 35.5. The Morgan fingerprint density at radius 2 is 2.00 bits per heavy atom. The van der Waals surface area contributed by atoms with Crippen LogP contribution in [0.3, 0.4) is 0 Å². The maximum Gasteiger partial charge on any atom is 0.387 e. The predicted molar refractivity (Wildman–Crippen MR) is 73.0 cm³/mol. The molecule has 2 N–H and O–H groups in total. The highest BCUT2D eigenvalue weighted by molar-refractivity contribution is 6.31. The van der Waals surface area contributed by atoms with E-state index >= 15 is 0 Å². The summed E-state index contributed by atoms with van der Waals surface area (Å²) in [5.74, 6) is 0.0835. The molecule has 20 heavy (non-hydrogen) atoms. The summed E-state index contributed by atoms with van der Waals surface area (Å²) in [5, 5.41) is 0.496. The molecule has 0 bridgehead atoms. The van der Waals surface area contributed by atoms with Crippen molar-refractivity contribution >= 4 is 11.6 Å². The molecular formula is C14H13ClF2N2O. The highest BCUT2D eigenvalue weighted by Gasteiger charge is 2.16. The van der Waals surface area contributed by atoms with E-state index < -0.39 is 12.7 Å². The van der Waals surface area contributed by atoms with E-state index in [2.05, 4.69) is 9.72 Å². The number of hydrogen-bond acceptors (Lipinski definition) is 3. The minimum Gasteiger partial charge on any atom is -0.434 e. The average Bonchev–Trinajstić information content (AvgIpc) is 2.41. The van der Waals surface area contributed by atoms with Crippen LogP contribution in [0.25, 0.3) is 0 Å². The van der Waals surface area contributed by atoms with Crippen molar-refractivity contribution in [2.45, 2.75) is 19.1 Å². The van der Waals surface area contributed by atoms with Gasteiger partial charge in [-0.25, -0.2) is 0 Å². The van der Waals surface area contributed by atoms with E-state index in [1.54, 1.807) is 30.5 Å². The summed E-state index contributed by atoms with van der Waals surface area (Å²) in [5.41, 5.74) is 7.39. The number of hydrogen-bond donors (Lipinski definition) is 1. The van der Waals surface area contributed by atoms with E-state index in [0.717, 1.165) is 5.56 Å².